The molecule has 0 radical (unpaired) electrons. The van der Waals surface area contributed by atoms with E-state index in [1.165, 1.54) is 19.3 Å². The molecule has 2 atom stereocenters. The second kappa shape index (κ2) is 3.48. The summed E-state index contributed by atoms with van der Waals surface area (Å²) in [5.41, 5.74) is 8.40. The van der Waals surface area contributed by atoms with E-state index in [0.29, 0.717) is 0 Å². The fourth-order valence-corrected chi connectivity index (χ4v) is 3.85. The zero-order valence-electron chi connectivity index (χ0n) is 10.5. The van der Waals surface area contributed by atoms with Gasteiger partial charge in [0.05, 0.1) is 0 Å². The molecule has 84 valence electrons. The van der Waals surface area contributed by atoms with Crippen molar-refractivity contribution in [1.82, 2.24) is 0 Å². The average Bonchev–Trinajstić information content (AvgIpc) is 2.89. The van der Waals surface area contributed by atoms with Crippen LogP contribution in [0.2, 0.25) is 0 Å². The molecule has 0 aromatic heterocycles. The molecule has 0 amide bonds. The lowest BCUT2D eigenvalue weighted by Gasteiger charge is -2.26. The van der Waals surface area contributed by atoms with E-state index in [2.05, 4.69) is 39.0 Å². The Labute approximate surface area is 98.4 Å². The fourth-order valence-electron chi connectivity index (χ4n) is 3.85. The maximum Gasteiger partial charge on any atom is 0.00339 e. The molecule has 0 aliphatic heterocycles. The molecule has 0 spiro atoms. The van der Waals surface area contributed by atoms with E-state index in [9.17, 15) is 0 Å². The van der Waals surface area contributed by atoms with Crippen LogP contribution in [0.1, 0.15) is 40.0 Å². The van der Waals surface area contributed by atoms with Gasteiger partial charge in [0.15, 0.2) is 0 Å². The number of hydrogen-bond donors (Lipinski definition) is 0. The third kappa shape index (κ3) is 1.22. The van der Waals surface area contributed by atoms with Gasteiger partial charge in [-0.25, -0.2) is 0 Å². The van der Waals surface area contributed by atoms with Gasteiger partial charge in [0, 0.05) is 5.92 Å². The zero-order valence-corrected chi connectivity index (χ0v) is 10.5. The molecule has 0 heteroatoms. The molecule has 0 nitrogen and oxygen atoms in total. The van der Waals surface area contributed by atoms with Crippen molar-refractivity contribution in [3.8, 4) is 0 Å². The number of allylic oxidation sites excluding steroid dienone is 8. The normalized spacial score (nSPS) is 31.3. The fraction of sp³-hybridized carbons (Fsp3) is 0.500. The van der Waals surface area contributed by atoms with E-state index >= 15 is 0 Å². The Morgan fingerprint density at radius 3 is 2.50 bits per heavy atom. The smallest absolute Gasteiger partial charge is 0.00339 e. The number of rotatable bonds is 3. The minimum atomic E-state index is 0.750. The minimum Gasteiger partial charge on any atom is -0.0805 e. The van der Waals surface area contributed by atoms with Gasteiger partial charge in [-0.2, -0.15) is 0 Å². The summed E-state index contributed by atoms with van der Waals surface area (Å²) in [5, 5.41) is 0. The van der Waals surface area contributed by atoms with Crippen molar-refractivity contribution in [1.29, 1.82) is 0 Å². The predicted octanol–water partition coefficient (Wildman–Crippen LogP) is 4.57. The van der Waals surface area contributed by atoms with E-state index in [1.54, 1.807) is 27.9 Å². The topological polar surface area (TPSA) is 0 Å². The molecule has 0 aromatic carbocycles. The highest BCUT2D eigenvalue weighted by Gasteiger charge is 2.42. The van der Waals surface area contributed by atoms with Crippen LogP contribution in [0.5, 0.6) is 0 Å². The Morgan fingerprint density at radius 2 is 2.00 bits per heavy atom. The summed E-state index contributed by atoms with van der Waals surface area (Å²) in [6, 6.07) is 0. The average molecular weight is 212 g/mol. The summed E-state index contributed by atoms with van der Waals surface area (Å²) >= 11 is 0. The van der Waals surface area contributed by atoms with E-state index in [1.807, 2.05) is 0 Å². The molecule has 4 aliphatic rings. The Bertz CT molecular complexity index is 454. The van der Waals surface area contributed by atoms with Gasteiger partial charge in [-0.15, -0.1) is 0 Å². The zero-order chi connectivity index (χ0) is 11.3. The van der Waals surface area contributed by atoms with E-state index in [0.717, 1.165) is 11.8 Å². The first-order chi connectivity index (χ1) is 7.70. The Hall–Kier alpha value is -1.04. The maximum atomic E-state index is 2.39. The third-order valence-corrected chi connectivity index (χ3v) is 4.64. The summed E-state index contributed by atoms with van der Waals surface area (Å²) in [4.78, 5) is 0. The maximum absolute atomic E-state index is 2.39. The minimum absolute atomic E-state index is 0.750. The predicted molar refractivity (Wildman–Crippen MR) is 69.1 cm³/mol. The van der Waals surface area contributed by atoms with Crippen molar-refractivity contribution >= 4 is 0 Å². The van der Waals surface area contributed by atoms with Crippen LogP contribution in [0.15, 0.2) is 46.1 Å². The van der Waals surface area contributed by atoms with Crippen molar-refractivity contribution in [3.05, 3.63) is 46.1 Å². The Balaban J connectivity index is 1.71. The summed E-state index contributed by atoms with van der Waals surface area (Å²) in [5.74, 6) is 1.53. The summed E-state index contributed by atoms with van der Waals surface area (Å²) < 4.78 is 0. The Morgan fingerprint density at radius 1 is 1.19 bits per heavy atom. The van der Waals surface area contributed by atoms with Gasteiger partial charge < -0.3 is 0 Å². The van der Waals surface area contributed by atoms with Crippen LogP contribution < -0.4 is 0 Å². The van der Waals surface area contributed by atoms with Gasteiger partial charge in [0.25, 0.3) is 0 Å². The van der Waals surface area contributed by atoms with Crippen LogP contribution in [-0.4, -0.2) is 0 Å². The van der Waals surface area contributed by atoms with Crippen molar-refractivity contribution in [2.75, 3.05) is 0 Å². The van der Waals surface area contributed by atoms with Crippen LogP contribution in [0.4, 0.5) is 0 Å². The van der Waals surface area contributed by atoms with Crippen LogP contribution in [0.3, 0.4) is 0 Å². The molecule has 16 heavy (non-hydrogen) atoms. The highest BCUT2D eigenvalue weighted by molar-refractivity contribution is 5.62. The van der Waals surface area contributed by atoms with Crippen LogP contribution in [0, 0.1) is 11.8 Å². The number of fused-ring (bicyclic) bond motifs is 1. The summed E-state index contributed by atoms with van der Waals surface area (Å²) in [6.45, 7) is 7.08. The molecule has 4 rings (SSSR count). The standard InChI is InChI=1S/C16H20/c1-10-14(9-8-13-6-4-5-7-13)16-11(2)15(10)12(16)3/h4-6,10-11H,7-9H2,1-3H3. The molecule has 0 heterocycles. The van der Waals surface area contributed by atoms with Crippen molar-refractivity contribution in [2.24, 2.45) is 11.8 Å². The van der Waals surface area contributed by atoms with Gasteiger partial charge in [0.2, 0.25) is 0 Å². The van der Waals surface area contributed by atoms with Crippen LogP contribution >= 0.6 is 0 Å². The molecular formula is C16H20. The highest BCUT2D eigenvalue weighted by Crippen LogP contribution is 2.56. The molecule has 0 saturated heterocycles. The van der Waals surface area contributed by atoms with E-state index in [4.69, 9.17) is 0 Å². The first kappa shape index (κ1) is 10.1. The summed E-state index contributed by atoms with van der Waals surface area (Å²) in [6.07, 6.45) is 10.5. The highest BCUT2D eigenvalue weighted by atomic mass is 14.5. The van der Waals surface area contributed by atoms with Crippen LogP contribution in [-0.2, 0) is 0 Å². The first-order valence-electron chi connectivity index (χ1n) is 6.48. The molecule has 2 unspecified atom stereocenters. The van der Waals surface area contributed by atoms with E-state index in [-0.39, 0.29) is 0 Å². The summed E-state index contributed by atoms with van der Waals surface area (Å²) in [7, 11) is 0. The van der Waals surface area contributed by atoms with Gasteiger partial charge in [-0.05, 0) is 43.3 Å². The molecular weight excluding hydrogens is 192 g/mol. The first-order valence-corrected chi connectivity index (χ1v) is 6.48. The molecule has 0 fully saturated rings. The molecule has 2 bridgehead atoms. The van der Waals surface area contributed by atoms with Gasteiger partial charge in [-0.1, -0.05) is 48.8 Å². The van der Waals surface area contributed by atoms with Gasteiger partial charge >= 0.3 is 0 Å². The van der Waals surface area contributed by atoms with Crippen molar-refractivity contribution < 1.29 is 0 Å². The van der Waals surface area contributed by atoms with Crippen molar-refractivity contribution in [3.63, 3.8) is 0 Å². The lowest BCUT2D eigenvalue weighted by molar-refractivity contribution is 0.679. The monoisotopic (exact) mass is 212 g/mol. The van der Waals surface area contributed by atoms with E-state index < -0.39 is 0 Å². The molecule has 0 N–H and O–H groups in total. The molecule has 0 saturated carbocycles. The quantitative estimate of drug-likeness (QED) is 0.643. The Kier molecular flexibility index (Phi) is 2.20. The second-order valence-corrected chi connectivity index (χ2v) is 5.42. The largest absolute Gasteiger partial charge is 0.0805 e. The number of hydrogen-bond acceptors (Lipinski definition) is 0. The van der Waals surface area contributed by atoms with Gasteiger partial charge in [0.1, 0.15) is 0 Å². The third-order valence-electron chi connectivity index (χ3n) is 4.64. The van der Waals surface area contributed by atoms with Gasteiger partial charge in [-0.3, -0.25) is 0 Å². The van der Waals surface area contributed by atoms with Crippen LogP contribution in [0.25, 0.3) is 0 Å². The molecule has 0 aromatic rings. The lowest BCUT2D eigenvalue weighted by Crippen LogP contribution is -2.13. The SMILES string of the molecule is CC1=C2C(C)C(CCC3=CC=CC3)=C1C2C. The second-order valence-electron chi connectivity index (χ2n) is 5.42. The lowest BCUT2D eigenvalue weighted by atomic mass is 9.78. The molecule has 4 aliphatic carbocycles. The van der Waals surface area contributed by atoms with Crippen molar-refractivity contribution in [2.45, 2.75) is 40.0 Å².